The quantitative estimate of drug-likeness (QED) is 0.266. The molecule has 0 aliphatic heterocycles. The Morgan fingerprint density at radius 2 is 1.50 bits per heavy atom. The highest BCUT2D eigenvalue weighted by Crippen LogP contribution is 2.14. The second-order valence-corrected chi connectivity index (χ2v) is 8.29. The molecular weight excluding hydrogens is 366 g/mol. The predicted molar refractivity (Wildman–Crippen MR) is 122 cm³/mol. The van der Waals surface area contributed by atoms with Gasteiger partial charge >= 0.3 is 0 Å². The highest BCUT2D eigenvalue weighted by Gasteiger charge is 2.07. The Morgan fingerprint density at radius 3 is 2.11 bits per heavy atom. The molecule has 6 heteroatoms. The SMILES string of the molecule is CCCCCCCCCCCCCCCC(=S)Nc1cc(C)nc2ncnn12. The van der Waals surface area contributed by atoms with Crippen molar-refractivity contribution in [3.8, 4) is 0 Å². The Kier molecular flexibility index (Phi) is 11.0. The number of anilines is 1. The fraction of sp³-hybridized carbons (Fsp3) is 0.727. The average molecular weight is 404 g/mol. The van der Waals surface area contributed by atoms with Crippen LogP contribution in [0.25, 0.3) is 5.78 Å². The van der Waals surface area contributed by atoms with Crippen LogP contribution in [-0.2, 0) is 0 Å². The van der Waals surface area contributed by atoms with Crippen LogP contribution in [0.15, 0.2) is 12.4 Å². The van der Waals surface area contributed by atoms with Crippen LogP contribution in [0, 0.1) is 6.92 Å². The number of unbranched alkanes of at least 4 members (excludes halogenated alkanes) is 12. The molecule has 0 radical (unpaired) electrons. The molecule has 1 N–H and O–H groups in total. The van der Waals surface area contributed by atoms with E-state index < -0.39 is 0 Å². The van der Waals surface area contributed by atoms with Crippen molar-refractivity contribution in [3.05, 3.63) is 18.1 Å². The van der Waals surface area contributed by atoms with Crippen LogP contribution in [0.2, 0.25) is 0 Å². The first-order chi connectivity index (χ1) is 13.7. The first-order valence-electron chi connectivity index (χ1n) is 11.2. The summed E-state index contributed by atoms with van der Waals surface area (Å²) in [4.78, 5) is 9.36. The zero-order valence-electron chi connectivity index (χ0n) is 17.8. The van der Waals surface area contributed by atoms with E-state index in [1.807, 2.05) is 13.0 Å². The molecule has 0 aliphatic carbocycles. The lowest BCUT2D eigenvalue weighted by molar-refractivity contribution is 0.541. The van der Waals surface area contributed by atoms with Crippen LogP contribution in [0.4, 0.5) is 5.82 Å². The van der Waals surface area contributed by atoms with E-state index in [0.717, 1.165) is 29.3 Å². The van der Waals surface area contributed by atoms with Gasteiger partial charge in [-0.2, -0.15) is 14.6 Å². The summed E-state index contributed by atoms with van der Waals surface area (Å²) in [5.74, 6) is 1.45. The second-order valence-electron chi connectivity index (χ2n) is 7.80. The summed E-state index contributed by atoms with van der Waals surface area (Å²) in [6.07, 6.45) is 20.2. The smallest absolute Gasteiger partial charge is 0.254 e. The van der Waals surface area contributed by atoms with Crippen molar-refractivity contribution in [2.75, 3.05) is 5.32 Å². The van der Waals surface area contributed by atoms with Crippen molar-refractivity contribution in [1.29, 1.82) is 0 Å². The van der Waals surface area contributed by atoms with Crippen molar-refractivity contribution >= 4 is 28.8 Å². The summed E-state index contributed by atoms with van der Waals surface area (Å²) >= 11 is 5.51. The maximum absolute atomic E-state index is 5.51. The van der Waals surface area contributed by atoms with Gasteiger partial charge in [-0.25, -0.2) is 4.98 Å². The van der Waals surface area contributed by atoms with Gasteiger partial charge < -0.3 is 5.32 Å². The van der Waals surface area contributed by atoms with Crippen LogP contribution >= 0.6 is 12.2 Å². The minimum absolute atomic E-state index is 0.603. The summed E-state index contributed by atoms with van der Waals surface area (Å²) in [5, 5.41) is 7.51. The highest BCUT2D eigenvalue weighted by molar-refractivity contribution is 7.80. The molecule has 0 aromatic carbocycles. The van der Waals surface area contributed by atoms with Gasteiger partial charge in [0.1, 0.15) is 12.1 Å². The third-order valence-electron chi connectivity index (χ3n) is 5.15. The summed E-state index contributed by atoms with van der Waals surface area (Å²) in [6, 6.07) is 1.96. The van der Waals surface area contributed by atoms with Gasteiger partial charge in [0.25, 0.3) is 5.78 Å². The number of hydrogen-bond donors (Lipinski definition) is 1. The molecule has 0 unspecified atom stereocenters. The first-order valence-corrected chi connectivity index (χ1v) is 11.6. The molecule has 0 aliphatic rings. The standard InChI is InChI=1S/C22H37N5S/c1-3-4-5-6-7-8-9-10-11-12-13-14-15-16-21(28)26-20-17-19(2)25-22-23-18-24-27(20)22/h17-18H,3-16H2,1-2H3,(H,26,28). The number of fused-ring (bicyclic) bond motifs is 1. The minimum atomic E-state index is 0.603. The molecule has 156 valence electrons. The molecule has 5 nitrogen and oxygen atoms in total. The molecule has 0 saturated heterocycles. The first kappa shape index (κ1) is 22.7. The normalized spacial score (nSPS) is 11.2. The van der Waals surface area contributed by atoms with Crippen LogP contribution in [-0.4, -0.2) is 24.6 Å². The number of aromatic nitrogens is 4. The fourth-order valence-electron chi connectivity index (χ4n) is 3.53. The van der Waals surface area contributed by atoms with Crippen molar-refractivity contribution in [1.82, 2.24) is 19.6 Å². The lowest BCUT2D eigenvalue weighted by atomic mass is 10.0. The number of nitrogens with zero attached hydrogens (tertiary/aromatic N) is 4. The minimum Gasteiger partial charge on any atom is -0.335 e. The third-order valence-corrected chi connectivity index (χ3v) is 5.46. The van der Waals surface area contributed by atoms with E-state index in [1.54, 1.807) is 4.52 Å². The molecule has 0 spiro atoms. The number of aryl methyl sites for hydroxylation is 1. The van der Waals surface area contributed by atoms with E-state index in [-0.39, 0.29) is 0 Å². The summed E-state index contributed by atoms with van der Waals surface area (Å²) in [6.45, 7) is 4.23. The molecule has 0 bridgehead atoms. The number of nitrogens with one attached hydrogen (secondary N) is 1. The lowest BCUT2D eigenvalue weighted by Crippen LogP contribution is -2.13. The van der Waals surface area contributed by atoms with E-state index in [0.29, 0.717) is 5.78 Å². The second kappa shape index (κ2) is 13.6. The van der Waals surface area contributed by atoms with E-state index in [1.165, 1.54) is 83.4 Å². The van der Waals surface area contributed by atoms with Crippen LogP contribution in [0.1, 0.15) is 103 Å². The largest absolute Gasteiger partial charge is 0.335 e. The number of rotatable bonds is 15. The molecule has 0 saturated carbocycles. The zero-order chi connectivity index (χ0) is 20.0. The Bertz CT molecular complexity index is 697. The molecule has 0 amide bonds. The zero-order valence-corrected chi connectivity index (χ0v) is 18.6. The number of hydrogen-bond acceptors (Lipinski definition) is 4. The van der Waals surface area contributed by atoms with E-state index >= 15 is 0 Å². The van der Waals surface area contributed by atoms with Gasteiger partial charge in [-0.05, 0) is 19.8 Å². The molecule has 2 aromatic rings. The van der Waals surface area contributed by atoms with Crippen LogP contribution in [0.5, 0.6) is 0 Å². The van der Waals surface area contributed by atoms with Crippen molar-refractivity contribution in [2.24, 2.45) is 0 Å². The predicted octanol–water partition coefficient (Wildman–Crippen LogP) is 6.65. The van der Waals surface area contributed by atoms with Crippen LogP contribution < -0.4 is 5.32 Å². The van der Waals surface area contributed by atoms with Gasteiger partial charge in [0.2, 0.25) is 0 Å². The van der Waals surface area contributed by atoms with Gasteiger partial charge in [-0.15, -0.1) is 0 Å². The average Bonchev–Trinajstić information content (AvgIpc) is 3.14. The summed E-state index contributed by atoms with van der Waals surface area (Å²) in [7, 11) is 0. The summed E-state index contributed by atoms with van der Waals surface area (Å²) in [5.41, 5.74) is 0.909. The van der Waals surface area contributed by atoms with E-state index in [9.17, 15) is 0 Å². The van der Waals surface area contributed by atoms with E-state index in [2.05, 4.69) is 27.3 Å². The molecule has 28 heavy (non-hydrogen) atoms. The van der Waals surface area contributed by atoms with Crippen molar-refractivity contribution in [3.63, 3.8) is 0 Å². The molecular formula is C22H37N5S. The van der Waals surface area contributed by atoms with Gasteiger partial charge in [-0.1, -0.05) is 96.2 Å². The molecule has 2 rings (SSSR count). The van der Waals surface area contributed by atoms with E-state index in [4.69, 9.17) is 12.2 Å². The Hall–Kier alpha value is -1.56. The molecule has 0 fully saturated rings. The highest BCUT2D eigenvalue weighted by atomic mass is 32.1. The number of thiocarbonyl (C=S) groups is 1. The Labute approximate surface area is 175 Å². The monoisotopic (exact) mass is 403 g/mol. The Morgan fingerprint density at radius 1 is 0.929 bits per heavy atom. The molecule has 2 aromatic heterocycles. The summed E-state index contributed by atoms with van der Waals surface area (Å²) < 4.78 is 1.70. The van der Waals surface area contributed by atoms with Gasteiger partial charge in [0.05, 0.1) is 4.99 Å². The van der Waals surface area contributed by atoms with Gasteiger partial charge in [0.15, 0.2) is 0 Å². The Balaban J connectivity index is 1.47. The lowest BCUT2D eigenvalue weighted by Gasteiger charge is -2.09. The topological polar surface area (TPSA) is 55.1 Å². The molecule has 0 atom stereocenters. The molecule has 2 heterocycles. The van der Waals surface area contributed by atoms with Crippen molar-refractivity contribution in [2.45, 2.75) is 104 Å². The van der Waals surface area contributed by atoms with Gasteiger partial charge in [-0.3, -0.25) is 0 Å². The van der Waals surface area contributed by atoms with Crippen LogP contribution in [0.3, 0.4) is 0 Å². The maximum Gasteiger partial charge on any atom is 0.254 e. The fourth-order valence-corrected chi connectivity index (χ4v) is 3.78. The van der Waals surface area contributed by atoms with Gasteiger partial charge in [0, 0.05) is 11.8 Å². The third kappa shape index (κ3) is 8.63. The van der Waals surface area contributed by atoms with Crippen molar-refractivity contribution < 1.29 is 0 Å². The maximum atomic E-state index is 5.51.